The van der Waals surface area contributed by atoms with Crippen LogP contribution in [0.5, 0.6) is 0 Å². The van der Waals surface area contributed by atoms with Crippen molar-refractivity contribution >= 4 is 63.0 Å². The second-order valence-corrected chi connectivity index (χ2v) is 8.85. The summed E-state index contributed by atoms with van der Waals surface area (Å²) in [4.78, 5) is 29.5. The number of ether oxygens (including phenoxy) is 2. The number of rotatable bonds is 7. The molecule has 1 aliphatic rings. The molecule has 0 saturated heterocycles. The second-order valence-electron chi connectivity index (χ2n) is 6.75. The first-order valence-electron chi connectivity index (χ1n) is 9.19. The van der Waals surface area contributed by atoms with Crippen LogP contribution < -0.4 is 10.6 Å². The van der Waals surface area contributed by atoms with Crippen molar-refractivity contribution in [3.8, 4) is 0 Å². The van der Waals surface area contributed by atoms with Crippen LogP contribution in [0.25, 0.3) is 0 Å². The highest BCUT2D eigenvalue weighted by atomic mass is 35.5. The molecule has 0 spiro atoms. The van der Waals surface area contributed by atoms with E-state index in [4.69, 9.17) is 44.3 Å². The first-order chi connectivity index (χ1) is 14.4. The average molecular weight is 493 g/mol. The van der Waals surface area contributed by atoms with Crippen LogP contribution in [-0.4, -0.2) is 42.8 Å². The predicted molar refractivity (Wildman–Crippen MR) is 118 cm³/mol. The summed E-state index contributed by atoms with van der Waals surface area (Å²) in [5, 5.41) is 6.52. The molecule has 1 heterocycles. The van der Waals surface area contributed by atoms with Crippen molar-refractivity contribution in [3.63, 3.8) is 0 Å². The van der Waals surface area contributed by atoms with Crippen molar-refractivity contribution in [1.29, 1.82) is 0 Å². The van der Waals surface area contributed by atoms with Crippen LogP contribution in [0.2, 0.25) is 15.1 Å². The summed E-state index contributed by atoms with van der Waals surface area (Å²) in [6.07, 6.45) is 3.40. The highest BCUT2D eigenvalue weighted by Crippen LogP contribution is 2.31. The third-order valence-electron chi connectivity index (χ3n) is 4.67. The number of hydrogen-bond acceptors (Lipinski definition) is 6. The lowest BCUT2D eigenvalue weighted by Gasteiger charge is -2.28. The van der Waals surface area contributed by atoms with Gasteiger partial charge in [0.2, 0.25) is 0 Å². The molecule has 1 aliphatic carbocycles. The average Bonchev–Trinajstić information content (AvgIpc) is 3.14. The minimum absolute atomic E-state index is 0.0188. The number of amides is 2. The third-order valence-corrected chi connectivity index (χ3v) is 6.23. The minimum Gasteiger partial charge on any atom is -0.359 e. The number of halogens is 3. The minimum atomic E-state index is -0.546. The Balaban J connectivity index is 1.62. The van der Waals surface area contributed by atoms with E-state index in [9.17, 15) is 9.59 Å². The molecule has 1 saturated carbocycles. The molecule has 7 nitrogen and oxygen atoms in total. The molecule has 2 amide bonds. The monoisotopic (exact) mass is 491 g/mol. The highest BCUT2D eigenvalue weighted by Gasteiger charge is 2.26. The predicted octanol–water partition coefficient (Wildman–Crippen LogP) is 5.02. The SMILES string of the molecule is COCO[C@H]1CC[C@H](NC(=O)c2ncsc2NC(=O)c2c(Cl)cc(Cl)cc2Cl)CC1. The van der Waals surface area contributed by atoms with Gasteiger partial charge in [0.1, 0.15) is 11.8 Å². The molecule has 0 unspecified atom stereocenters. The quantitative estimate of drug-likeness (QED) is 0.530. The van der Waals surface area contributed by atoms with Crippen molar-refractivity contribution in [2.45, 2.75) is 37.8 Å². The Labute approximate surface area is 193 Å². The van der Waals surface area contributed by atoms with Gasteiger partial charge in [-0.05, 0) is 37.8 Å². The van der Waals surface area contributed by atoms with Gasteiger partial charge < -0.3 is 20.1 Å². The lowest BCUT2D eigenvalue weighted by atomic mass is 9.93. The fourth-order valence-corrected chi connectivity index (χ4v) is 4.87. The van der Waals surface area contributed by atoms with Gasteiger partial charge >= 0.3 is 0 Å². The maximum Gasteiger partial charge on any atom is 0.273 e. The topological polar surface area (TPSA) is 89.6 Å². The fraction of sp³-hybridized carbons (Fsp3) is 0.421. The molecular weight excluding hydrogens is 473 g/mol. The number of aromatic nitrogens is 1. The van der Waals surface area contributed by atoms with Gasteiger partial charge in [0.25, 0.3) is 11.8 Å². The van der Waals surface area contributed by atoms with Crippen LogP contribution in [0.3, 0.4) is 0 Å². The summed E-state index contributed by atoms with van der Waals surface area (Å²) >= 11 is 19.2. The lowest BCUT2D eigenvalue weighted by Crippen LogP contribution is -2.39. The van der Waals surface area contributed by atoms with Crippen LogP contribution in [0.1, 0.15) is 46.5 Å². The van der Waals surface area contributed by atoms with Crippen LogP contribution in [-0.2, 0) is 9.47 Å². The third kappa shape index (κ3) is 5.84. The number of carbonyl (C=O) groups is 2. The molecular formula is C19H20Cl3N3O4S. The van der Waals surface area contributed by atoms with E-state index in [-0.39, 0.29) is 46.1 Å². The Morgan fingerprint density at radius 2 is 1.80 bits per heavy atom. The van der Waals surface area contributed by atoms with Gasteiger partial charge in [-0.2, -0.15) is 0 Å². The maximum atomic E-state index is 12.7. The summed E-state index contributed by atoms with van der Waals surface area (Å²) < 4.78 is 10.5. The van der Waals surface area contributed by atoms with Crippen molar-refractivity contribution < 1.29 is 19.1 Å². The standard InChI is InChI=1S/C19H20Cl3N3O4S/c1-28-9-29-12-4-2-11(3-5-12)24-18(27)16-19(30-8-23-16)25-17(26)15-13(21)6-10(20)7-14(15)22/h6-8,11-12H,2-5,9H2,1H3,(H,24,27)(H,25,26)/t11-,12-. The van der Waals surface area contributed by atoms with Crippen LogP contribution in [0, 0.1) is 0 Å². The fourth-order valence-electron chi connectivity index (χ4n) is 3.21. The zero-order chi connectivity index (χ0) is 21.7. The molecule has 1 fully saturated rings. The molecule has 3 rings (SSSR count). The van der Waals surface area contributed by atoms with Crippen LogP contribution >= 0.6 is 46.1 Å². The van der Waals surface area contributed by atoms with Crippen molar-refractivity contribution in [3.05, 3.63) is 44.0 Å². The van der Waals surface area contributed by atoms with Gasteiger partial charge in [-0.15, -0.1) is 11.3 Å². The van der Waals surface area contributed by atoms with Crippen LogP contribution in [0.4, 0.5) is 5.00 Å². The van der Waals surface area contributed by atoms with E-state index in [0.29, 0.717) is 10.0 Å². The Kier molecular flexibility index (Phi) is 8.33. The zero-order valence-electron chi connectivity index (χ0n) is 16.0. The summed E-state index contributed by atoms with van der Waals surface area (Å²) in [5.74, 6) is -0.892. The highest BCUT2D eigenvalue weighted by molar-refractivity contribution is 7.14. The summed E-state index contributed by atoms with van der Waals surface area (Å²) in [6.45, 7) is 0.269. The van der Waals surface area contributed by atoms with Gasteiger partial charge in [-0.1, -0.05) is 34.8 Å². The molecule has 11 heteroatoms. The Morgan fingerprint density at radius 3 is 2.43 bits per heavy atom. The Bertz CT molecular complexity index is 893. The molecule has 0 aliphatic heterocycles. The summed E-state index contributed by atoms with van der Waals surface area (Å²) in [6, 6.07) is 2.87. The van der Waals surface area contributed by atoms with E-state index in [2.05, 4.69) is 15.6 Å². The number of nitrogens with one attached hydrogen (secondary N) is 2. The van der Waals surface area contributed by atoms with Gasteiger partial charge in [0, 0.05) is 18.2 Å². The summed E-state index contributed by atoms with van der Waals surface area (Å²) in [5.41, 5.74) is 1.72. The molecule has 0 bridgehead atoms. The van der Waals surface area contributed by atoms with Crippen molar-refractivity contribution in [2.75, 3.05) is 19.2 Å². The smallest absolute Gasteiger partial charge is 0.273 e. The van der Waals surface area contributed by atoms with Gasteiger partial charge in [-0.25, -0.2) is 4.98 Å². The van der Waals surface area contributed by atoms with Gasteiger partial charge in [0.15, 0.2) is 5.69 Å². The van der Waals surface area contributed by atoms with E-state index in [1.165, 1.54) is 17.6 Å². The number of benzene rings is 1. The number of hydrogen-bond donors (Lipinski definition) is 2. The van der Waals surface area contributed by atoms with Gasteiger partial charge in [0.05, 0.1) is 27.2 Å². The second kappa shape index (κ2) is 10.7. The Morgan fingerprint density at radius 1 is 1.13 bits per heavy atom. The first-order valence-corrected chi connectivity index (χ1v) is 11.2. The largest absolute Gasteiger partial charge is 0.359 e. The maximum absolute atomic E-state index is 12.7. The number of carbonyl (C=O) groups excluding carboxylic acids is 2. The summed E-state index contributed by atoms with van der Waals surface area (Å²) in [7, 11) is 1.59. The first kappa shape index (κ1) is 23.2. The molecule has 2 aromatic rings. The van der Waals surface area contributed by atoms with E-state index in [0.717, 1.165) is 37.0 Å². The van der Waals surface area contributed by atoms with Crippen molar-refractivity contribution in [1.82, 2.24) is 10.3 Å². The van der Waals surface area contributed by atoms with E-state index in [1.807, 2.05) is 0 Å². The molecule has 0 atom stereocenters. The van der Waals surface area contributed by atoms with E-state index >= 15 is 0 Å². The molecule has 1 aromatic heterocycles. The Hall–Kier alpha value is -1.42. The normalized spacial score (nSPS) is 18.8. The zero-order valence-corrected chi connectivity index (χ0v) is 19.1. The number of thiazole rings is 1. The van der Waals surface area contributed by atoms with Crippen LogP contribution in [0.15, 0.2) is 17.6 Å². The van der Waals surface area contributed by atoms with E-state index in [1.54, 1.807) is 7.11 Å². The number of anilines is 1. The lowest BCUT2D eigenvalue weighted by molar-refractivity contribution is -0.0837. The number of nitrogens with zero attached hydrogens (tertiary/aromatic N) is 1. The molecule has 30 heavy (non-hydrogen) atoms. The molecule has 0 radical (unpaired) electrons. The molecule has 2 N–H and O–H groups in total. The van der Waals surface area contributed by atoms with Crippen molar-refractivity contribution in [2.24, 2.45) is 0 Å². The van der Waals surface area contributed by atoms with Gasteiger partial charge in [-0.3, -0.25) is 9.59 Å². The van der Waals surface area contributed by atoms with E-state index < -0.39 is 5.91 Å². The molecule has 162 valence electrons. The number of methoxy groups -OCH3 is 1. The molecule has 1 aromatic carbocycles.